The number of nitrogens with one attached hydrogen (secondary N) is 1. The van der Waals surface area contributed by atoms with Crippen LogP contribution in [0, 0.1) is 0 Å². The summed E-state index contributed by atoms with van der Waals surface area (Å²) in [5, 5.41) is 7.43. The van der Waals surface area contributed by atoms with Crippen molar-refractivity contribution in [2.75, 3.05) is 13.7 Å². The maximum absolute atomic E-state index is 13.2. The van der Waals surface area contributed by atoms with E-state index in [1.165, 1.54) is 10.7 Å². The normalized spacial score (nSPS) is 16.5. The second-order valence-electron chi connectivity index (χ2n) is 9.56. The van der Waals surface area contributed by atoms with Crippen LogP contribution in [0.5, 0.6) is 5.75 Å². The van der Waals surface area contributed by atoms with Crippen LogP contribution in [-0.4, -0.2) is 45.7 Å². The molecule has 2 aromatic carbocycles. The highest BCUT2D eigenvalue weighted by atomic mass is 16.5. The van der Waals surface area contributed by atoms with Gasteiger partial charge >= 0.3 is 0 Å². The van der Waals surface area contributed by atoms with Crippen LogP contribution in [0.15, 0.2) is 65.5 Å². The summed E-state index contributed by atoms with van der Waals surface area (Å²) in [4.78, 5) is 40.6. The summed E-state index contributed by atoms with van der Waals surface area (Å²) in [6.45, 7) is 0.727. The van der Waals surface area contributed by atoms with Gasteiger partial charge in [-0.05, 0) is 42.7 Å². The van der Waals surface area contributed by atoms with E-state index in [1.54, 1.807) is 13.2 Å². The largest absolute Gasteiger partial charge is 0.497 e. The van der Waals surface area contributed by atoms with Crippen LogP contribution in [0.3, 0.4) is 0 Å². The second kappa shape index (κ2) is 9.97. The third kappa shape index (κ3) is 4.63. The molecule has 1 saturated carbocycles. The minimum absolute atomic E-state index is 0.0330. The van der Waals surface area contributed by atoms with Crippen molar-refractivity contribution in [3.63, 3.8) is 0 Å². The molecule has 0 bridgehead atoms. The van der Waals surface area contributed by atoms with E-state index >= 15 is 0 Å². The lowest BCUT2D eigenvalue weighted by atomic mass is 9.80. The van der Waals surface area contributed by atoms with Gasteiger partial charge in [-0.3, -0.25) is 14.4 Å². The van der Waals surface area contributed by atoms with Gasteiger partial charge in [-0.2, -0.15) is 5.10 Å². The van der Waals surface area contributed by atoms with Crippen LogP contribution in [0.2, 0.25) is 0 Å². The van der Waals surface area contributed by atoms with E-state index in [4.69, 9.17) is 4.74 Å². The average Bonchev–Trinajstić information content (AvgIpc) is 3.26. The number of rotatable bonds is 7. The summed E-state index contributed by atoms with van der Waals surface area (Å²) in [6, 6.07) is 18.1. The average molecular weight is 487 g/mol. The fourth-order valence-electron chi connectivity index (χ4n) is 5.34. The van der Waals surface area contributed by atoms with E-state index < -0.39 is 5.54 Å². The van der Waals surface area contributed by atoms with Gasteiger partial charge in [-0.15, -0.1) is 0 Å². The van der Waals surface area contributed by atoms with Crippen LogP contribution in [0.25, 0.3) is 11.3 Å². The highest BCUT2D eigenvalue weighted by Crippen LogP contribution is 2.38. The smallest absolute Gasteiger partial charge is 0.267 e. The lowest BCUT2D eigenvalue weighted by molar-refractivity contribution is -0.122. The maximum atomic E-state index is 13.2. The molecule has 2 heterocycles. The number of hydrogen-bond acceptors (Lipinski definition) is 5. The van der Waals surface area contributed by atoms with Gasteiger partial charge < -0.3 is 15.0 Å². The zero-order chi connectivity index (χ0) is 25.1. The summed E-state index contributed by atoms with van der Waals surface area (Å²) in [5.41, 5.74) is 2.37. The third-order valence-corrected chi connectivity index (χ3v) is 7.32. The fourth-order valence-corrected chi connectivity index (χ4v) is 5.34. The summed E-state index contributed by atoms with van der Waals surface area (Å²) in [5.74, 6) is 0.410. The molecule has 1 fully saturated rings. The van der Waals surface area contributed by atoms with Crippen molar-refractivity contribution in [1.29, 1.82) is 0 Å². The highest BCUT2D eigenvalue weighted by molar-refractivity contribution is 5.98. The molecule has 5 rings (SSSR count). The zero-order valence-electron chi connectivity index (χ0n) is 20.4. The standard InChI is InChI=1S/C28H30N4O4/c1-36-22-10-7-9-20(16-22)24-12-13-26(34)32(30-24)18-25(33)29-19-28(14-5-2-6-15-28)31-17-21-8-3-4-11-23(21)27(31)35/h3-4,7-13,16H,2,5-6,14-15,17-19H2,1H3,(H,29,33). The molecule has 0 spiro atoms. The van der Waals surface area contributed by atoms with Gasteiger partial charge in [-0.25, -0.2) is 4.68 Å². The lowest BCUT2D eigenvalue weighted by Gasteiger charge is -2.44. The number of benzene rings is 2. The molecular formula is C28H30N4O4. The van der Waals surface area contributed by atoms with Gasteiger partial charge in [0, 0.05) is 30.3 Å². The lowest BCUT2D eigenvalue weighted by Crippen LogP contribution is -2.57. The SMILES string of the molecule is COc1cccc(-c2ccc(=O)n(CC(=O)NCC3(N4Cc5ccccc5C4=O)CCCCC3)n2)c1. The predicted octanol–water partition coefficient (Wildman–Crippen LogP) is 3.39. The van der Waals surface area contributed by atoms with E-state index in [1.807, 2.05) is 53.4 Å². The first-order valence-electron chi connectivity index (χ1n) is 12.4. The van der Waals surface area contributed by atoms with E-state index in [9.17, 15) is 14.4 Å². The Labute approximate surface area is 209 Å². The van der Waals surface area contributed by atoms with Crippen LogP contribution in [0.4, 0.5) is 0 Å². The predicted molar refractivity (Wildman–Crippen MR) is 136 cm³/mol. The van der Waals surface area contributed by atoms with Gasteiger partial charge in [0.15, 0.2) is 0 Å². The number of amides is 2. The molecule has 0 saturated heterocycles. The monoisotopic (exact) mass is 486 g/mol. The summed E-state index contributed by atoms with van der Waals surface area (Å²) in [7, 11) is 1.59. The van der Waals surface area contributed by atoms with Crippen molar-refractivity contribution < 1.29 is 14.3 Å². The minimum atomic E-state index is -0.426. The molecule has 0 unspecified atom stereocenters. The number of hydrogen-bond donors (Lipinski definition) is 1. The molecule has 2 aliphatic rings. The Morgan fingerprint density at radius 3 is 2.61 bits per heavy atom. The quantitative estimate of drug-likeness (QED) is 0.553. The number of nitrogens with zero attached hydrogens (tertiary/aromatic N) is 3. The maximum Gasteiger partial charge on any atom is 0.267 e. The number of methoxy groups -OCH3 is 1. The first kappa shape index (κ1) is 23.8. The van der Waals surface area contributed by atoms with E-state index in [0.29, 0.717) is 24.5 Å². The molecule has 1 aliphatic heterocycles. The molecule has 1 N–H and O–H groups in total. The topological polar surface area (TPSA) is 93.5 Å². The van der Waals surface area contributed by atoms with Crippen molar-refractivity contribution in [2.24, 2.45) is 0 Å². The van der Waals surface area contributed by atoms with Crippen molar-refractivity contribution >= 4 is 11.8 Å². The van der Waals surface area contributed by atoms with Gasteiger partial charge in [-0.1, -0.05) is 49.6 Å². The molecule has 8 heteroatoms. The minimum Gasteiger partial charge on any atom is -0.497 e. The third-order valence-electron chi connectivity index (χ3n) is 7.32. The number of ether oxygens (including phenoxy) is 1. The molecule has 2 amide bonds. The highest BCUT2D eigenvalue weighted by Gasteiger charge is 2.44. The van der Waals surface area contributed by atoms with E-state index in [0.717, 1.165) is 48.8 Å². The number of aromatic nitrogens is 2. The Bertz CT molecular complexity index is 1340. The Kier molecular flexibility index (Phi) is 6.59. The molecule has 0 radical (unpaired) electrons. The van der Waals surface area contributed by atoms with E-state index in [-0.39, 0.29) is 23.9 Å². The fraction of sp³-hybridized carbons (Fsp3) is 0.357. The van der Waals surface area contributed by atoms with Crippen molar-refractivity contribution in [3.8, 4) is 17.0 Å². The summed E-state index contributed by atoms with van der Waals surface area (Å²) < 4.78 is 6.45. The Balaban J connectivity index is 1.31. The van der Waals surface area contributed by atoms with Gasteiger partial charge in [0.05, 0.1) is 18.3 Å². The molecular weight excluding hydrogens is 456 g/mol. The van der Waals surface area contributed by atoms with Crippen LogP contribution in [0.1, 0.15) is 48.0 Å². The Hall–Kier alpha value is -3.94. The molecule has 8 nitrogen and oxygen atoms in total. The zero-order valence-corrected chi connectivity index (χ0v) is 20.4. The summed E-state index contributed by atoms with van der Waals surface area (Å²) >= 11 is 0. The molecule has 36 heavy (non-hydrogen) atoms. The van der Waals surface area contributed by atoms with E-state index in [2.05, 4.69) is 10.4 Å². The van der Waals surface area contributed by atoms with Gasteiger partial charge in [0.25, 0.3) is 11.5 Å². The van der Waals surface area contributed by atoms with Crippen LogP contribution in [-0.2, 0) is 17.9 Å². The summed E-state index contributed by atoms with van der Waals surface area (Å²) in [6.07, 6.45) is 4.84. The van der Waals surface area contributed by atoms with Gasteiger partial charge in [0.1, 0.15) is 12.3 Å². The Morgan fingerprint density at radius 1 is 1.03 bits per heavy atom. The molecule has 0 atom stereocenters. The van der Waals surface area contributed by atoms with Crippen LogP contribution >= 0.6 is 0 Å². The van der Waals surface area contributed by atoms with Crippen molar-refractivity contribution in [2.45, 2.75) is 50.7 Å². The number of carbonyl (C=O) groups is 2. The molecule has 1 aromatic heterocycles. The van der Waals surface area contributed by atoms with Crippen LogP contribution < -0.4 is 15.6 Å². The number of fused-ring (bicyclic) bond motifs is 1. The molecule has 3 aromatic rings. The molecule has 1 aliphatic carbocycles. The first-order valence-corrected chi connectivity index (χ1v) is 12.4. The Morgan fingerprint density at radius 2 is 1.83 bits per heavy atom. The second-order valence-corrected chi connectivity index (χ2v) is 9.56. The van der Waals surface area contributed by atoms with Gasteiger partial charge in [0.2, 0.25) is 5.91 Å². The first-order chi connectivity index (χ1) is 17.5. The molecule has 186 valence electrons. The van der Waals surface area contributed by atoms with Crippen molar-refractivity contribution in [1.82, 2.24) is 20.0 Å². The number of carbonyl (C=O) groups excluding carboxylic acids is 2. The van der Waals surface area contributed by atoms with Crippen molar-refractivity contribution in [3.05, 3.63) is 82.1 Å².